The van der Waals surface area contributed by atoms with E-state index in [9.17, 15) is 4.79 Å². The Kier molecular flexibility index (Phi) is 4.94. The highest BCUT2D eigenvalue weighted by Crippen LogP contribution is 2.22. The number of carbonyl (C=O) groups is 1. The maximum atomic E-state index is 11.4. The van der Waals surface area contributed by atoms with Crippen LogP contribution in [0.2, 0.25) is 0 Å². The summed E-state index contributed by atoms with van der Waals surface area (Å²) in [6.07, 6.45) is -0.147. The lowest BCUT2D eigenvalue weighted by atomic mass is 10.2. The van der Waals surface area contributed by atoms with Gasteiger partial charge in [0.1, 0.15) is 18.8 Å². The maximum absolute atomic E-state index is 11.4. The molecule has 0 unspecified atom stereocenters. The first-order valence-electron chi connectivity index (χ1n) is 6.63. The van der Waals surface area contributed by atoms with Crippen LogP contribution in [0.15, 0.2) is 48.5 Å². The molecular weight excluding hydrogens is 264 g/mol. The van der Waals surface area contributed by atoms with E-state index >= 15 is 0 Å². The van der Waals surface area contributed by atoms with Gasteiger partial charge >= 0.3 is 0 Å². The van der Waals surface area contributed by atoms with Crippen molar-refractivity contribution < 1.29 is 9.53 Å². The minimum Gasteiger partial charge on any atom is -0.489 e. The average Bonchev–Trinajstić information content (AvgIpc) is 2.49. The van der Waals surface area contributed by atoms with E-state index in [1.54, 1.807) is 12.1 Å². The number of nitrogens with zero attached hydrogens (tertiary/aromatic N) is 1. The second-order valence-electron chi connectivity index (χ2n) is 4.63. The second-order valence-corrected chi connectivity index (χ2v) is 4.63. The molecule has 1 amide bonds. The summed E-state index contributed by atoms with van der Waals surface area (Å²) in [6.45, 7) is 2.39. The van der Waals surface area contributed by atoms with E-state index in [0.717, 1.165) is 16.9 Å². The second kappa shape index (κ2) is 7.11. The third kappa shape index (κ3) is 4.36. The van der Waals surface area contributed by atoms with Crippen LogP contribution in [0.3, 0.4) is 0 Å². The SMILES string of the molecule is Cc1cc(OCc2ccccc2)ccc1NC(=O)CC#N. The lowest BCUT2D eigenvalue weighted by Crippen LogP contribution is -2.11. The van der Waals surface area contributed by atoms with Gasteiger partial charge in [0.2, 0.25) is 5.91 Å². The zero-order chi connectivity index (χ0) is 15.1. The molecule has 1 N–H and O–H groups in total. The number of carbonyl (C=O) groups excluding carboxylic acids is 1. The Labute approximate surface area is 124 Å². The molecule has 0 aromatic heterocycles. The number of nitrogens with one attached hydrogen (secondary N) is 1. The smallest absolute Gasteiger partial charge is 0.238 e. The third-order valence-corrected chi connectivity index (χ3v) is 2.96. The first-order chi connectivity index (χ1) is 10.2. The summed E-state index contributed by atoms with van der Waals surface area (Å²) in [5.41, 5.74) is 2.69. The molecule has 4 nitrogen and oxygen atoms in total. The van der Waals surface area contributed by atoms with Crippen molar-refractivity contribution in [3.63, 3.8) is 0 Å². The summed E-state index contributed by atoms with van der Waals surface area (Å²) < 4.78 is 5.72. The Morgan fingerprint density at radius 2 is 2.00 bits per heavy atom. The molecule has 106 valence electrons. The molecule has 0 atom stereocenters. The van der Waals surface area contributed by atoms with Gasteiger partial charge in [-0.25, -0.2) is 0 Å². The van der Waals surface area contributed by atoms with Crippen LogP contribution in [0.1, 0.15) is 17.5 Å². The fourth-order valence-corrected chi connectivity index (χ4v) is 1.87. The van der Waals surface area contributed by atoms with Gasteiger partial charge in [-0.05, 0) is 36.2 Å². The molecule has 0 aliphatic heterocycles. The van der Waals surface area contributed by atoms with Gasteiger partial charge in [-0.2, -0.15) is 5.26 Å². The summed E-state index contributed by atoms with van der Waals surface area (Å²) in [5, 5.41) is 11.2. The molecule has 0 aliphatic rings. The zero-order valence-corrected chi connectivity index (χ0v) is 11.8. The van der Waals surface area contributed by atoms with Gasteiger partial charge in [-0.1, -0.05) is 30.3 Å². The Balaban J connectivity index is 1.99. The van der Waals surface area contributed by atoms with Crippen LogP contribution in [0.4, 0.5) is 5.69 Å². The summed E-state index contributed by atoms with van der Waals surface area (Å²) in [6, 6.07) is 17.2. The normalized spacial score (nSPS) is 9.71. The molecule has 2 aromatic carbocycles. The van der Waals surface area contributed by atoms with Crippen LogP contribution >= 0.6 is 0 Å². The predicted octanol–water partition coefficient (Wildman–Crippen LogP) is 3.43. The standard InChI is InChI=1S/C17H16N2O2/c1-13-11-15(21-12-14-5-3-2-4-6-14)7-8-16(13)19-17(20)9-10-18/h2-8,11H,9,12H2,1H3,(H,19,20). The molecule has 0 aliphatic carbocycles. The van der Waals surface area contributed by atoms with Crippen molar-refractivity contribution >= 4 is 11.6 Å². The Morgan fingerprint density at radius 3 is 2.67 bits per heavy atom. The van der Waals surface area contributed by atoms with Gasteiger partial charge in [0.25, 0.3) is 0 Å². The molecule has 0 spiro atoms. The molecule has 2 rings (SSSR count). The molecular formula is C17H16N2O2. The first kappa shape index (κ1) is 14.6. The van der Waals surface area contributed by atoms with Crippen LogP contribution in [-0.2, 0) is 11.4 Å². The van der Waals surface area contributed by atoms with Crippen LogP contribution in [0, 0.1) is 18.3 Å². The number of benzene rings is 2. The maximum Gasteiger partial charge on any atom is 0.238 e. The van der Waals surface area contributed by atoms with Crippen LogP contribution < -0.4 is 10.1 Å². The summed E-state index contributed by atoms with van der Waals surface area (Å²) in [5.74, 6) is 0.438. The molecule has 0 saturated carbocycles. The molecule has 21 heavy (non-hydrogen) atoms. The van der Waals surface area contributed by atoms with Crippen molar-refractivity contribution in [3.05, 3.63) is 59.7 Å². The fraction of sp³-hybridized carbons (Fsp3) is 0.176. The quantitative estimate of drug-likeness (QED) is 0.912. The lowest BCUT2D eigenvalue weighted by Gasteiger charge is -2.11. The highest BCUT2D eigenvalue weighted by molar-refractivity contribution is 5.92. The highest BCUT2D eigenvalue weighted by Gasteiger charge is 2.05. The van der Waals surface area contributed by atoms with E-state index in [0.29, 0.717) is 12.3 Å². The number of amides is 1. The summed E-state index contributed by atoms with van der Waals surface area (Å²) >= 11 is 0. The molecule has 0 saturated heterocycles. The van der Waals surface area contributed by atoms with Crippen molar-refractivity contribution in [2.45, 2.75) is 20.0 Å². The van der Waals surface area contributed by atoms with Crippen molar-refractivity contribution in [1.82, 2.24) is 0 Å². The number of ether oxygens (including phenoxy) is 1. The van der Waals surface area contributed by atoms with E-state index < -0.39 is 0 Å². The molecule has 2 aromatic rings. The number of anilines is 1. The third-order valence-electron chi connectivity index (χ3n) is 2.96. The van der Waals surface area contributed by atoms with Crippen molar-refractivity contribution in [2.24, 2.45) is 0 Å². The van der Waals surface area contributed by atoms with E-state index in [4.69, 9.17) is 10.00 Å². The van der Waals surface area contributed by atoms with Gasteiger partial charge in [-0.3, -0.25) is 4.79 Å². The predicted molar refractivity (Wildman–Crippen MR) is 80.8 cm³/mol. The van der Waals surface area contributed by atoms with Gasteiger partial charge in [-0.15, -0.1) is 0 Å². The minimum atomic E-state index is -0.307. The Bertz CT molecular complexity index is 660. The van der Waals surface area contributed by atoms with Gasteiger partial charge in [0.05, 0.1) is 6.07 Å². The van der Waals surface area contributed by atoms with Gasteiger partial charge in [0, 0.05) is 5.69 Å². The van der Waals surface area contributed by atoms with Gasteiger partial charge in [0.15, 0.2) is 0 Å². The van der Waals surface area contributed by atoms with Crippen molar-refractivity contribution in [2.75, 3.05) is 5.32 Å². The molecule has 0 fully saturated rings. The molecule has 0 radical (unpaired) electrons. The first-order valence-corrected chi connectivity index (χ1v) is 6.63. The van der Waals surface area contributed by atoms with E-state index in [2.05, 4.69) is 5.32 Å². The number of nitriles is 1. The Hall–Kier alpha value is -2.80. The topological polar surface area (TPSA) is 62.1 Å². The number of rotatable bonds is 5. The molecule has 4 heteroatoms. The number of hydrogen-bond donors (Lipinski definition) is 1. The average molecular weight is 280 g/mol. The number of hydrogen-bond acceptors (Lipinski definition) is 3. The zero-order valence-electron chi connectivity index (χ0n) is 11.8. The van der Waals surface area contributed by atoms with Crippen LogP contribution in [0.25, 0.3) is 0 Å². The monoisotopic (exact) mass is 280 g/mol. The summed E-state index contributed by atoms with van der Waals surface area (Å²) in [4.78, 5) is 11.4. The van der Waals surface area contributed by atoms with Gasteiger partial charge < -0.3 is 10.1 Å². The number of aryl methyl sites for hydroxylation is 1. The van der Waals surface area contributed by atoms with E-state index in [-0.39, 0.29) is 12.3 Å². The van der Waals surface area contributed by atoms with E-state index in [1.165, 1.54) is 0 Å². The molecule has 0 heterocycles. The van der Waals surface area contributed by atoms with Crippen molar-refractivity contribution in [1.29, 1.82) is 5.26 Å². The summed E-state index contributed by atoms with van der Waals surface area (Å²) in [7, 11) is 0. The minimum absolute atomic E-state index is 0.147. The molecule has 0 bridgehead atoms. The van der Waals surface area contributed by atoms with E-state index in [1.807, 2.05) is 49.4 Å². The fourth-order valence-electron chi connectivity index (χ4n) is 1.87. The lowest BCUT2D eigenvalue weighted by molar-refractivity contribution is -0.115. The Morgan fingerprint density at radius 1 is 1.24 bits per heavy atom. The largest absolute Gasteiger partial charge is 0.489 e. The van der Waals surface area contributed by atoms with Crippen molar-refractivity contribution in [3.8, 4) is 11.8 Å². The highest BCUT2D eigenvalue weighted by atomic mass is 16.5. The van der Waals surface area contributed by atoms with Crippen LogP contribution in [-0.4, -0.2) is 5.91 Å². The van der Waals surface area contributed by atoms with Crippen LogP contribution in [0.5, 0.6) is 5.75 Å².